The van der Waals surface area contributed by atoms with Gasteiger partial charge in [0.05, 0.1) is 18.3 Å². The molecule has 0 aliphatic heterocycles. The highest BCUT2D eigenvalue weighted by Crippen LogP contribution is 2.62. The first kappa shape index (κ1) is 23.6. The summed E-state index contributed by atoms with van der Waals surface area (Å²) in [6.45, 7) is 0.488. The Balaban J connectivity index is 1.17. The molecule has 0 unspecified atom stereocenters. The lowest BCUT2D eigenvalue weighted by atomic mass is 9.47. The number of carbonyl (C=O) groups is 2. The third-order valence-corrected chi connectivity index (χ3v) is 8.22. The van der Waals surface area contributed by atoms with Crippen molar-refractivity contribution in [2.24, 2.45) is 17.3 Å². The normalized spacial score (nSPS) is 22.5. The second kappa shape index (κ2) is 9.25. The van der Waals surface area contributed by atoms with E-state index in [0.717, 1.165) is 42.4 Å². The predicted octanol–water partition coefficient (Wildman–Crippen LogP) is 6.74. The van der Waals surface area contributed by atoms with Crippen LogP contribution in [-0.4, -0.2) is 26.6 Å². The van der Waals surface area contributed by atoms with Crippen LogP contribution >= 0.6 is 0 Å². The minimum absolute atomic E-state index is 0.0491. The second-order valence-electron chi connectivity index (χ2n) is 11.0. The van der Waals surface area contributed by atoms with Gasteiger partial charge in [-0.3, -0.25) is 14.3 Å². The fourth-order valence-electron chi connectivity index (χ4n) is 6.71. The number of rotatable bonds is 8. The molecular weight excluding hydrogens is 467 g/mol. The summed E-state index contributed by atoms with van der Waals surface area (Å²) in [6, 6.07) is 21.2. The number of Topliss-reactive ketones (excluding diaryl/α,β-unsaturated/α-hetero) is 1. The highest BCUT2D eigenvalue weighted by Gasteiger charge is 2.53. The predicted molar refractivity (Wildman–Crippen MR) is 140 cm³/mol. The molecule has 37 heavy (non-hydrogen) atoms. The Morgan fingerprint density at radius 1 is 0.919 bits per heavy atom. The molecule has 6 rings (SSSR count). The molecule has 2 aliphatic rings. The van der Waals surface area contributed by atoms with E-state index in [4.69, 9.17) is 5.11 Å². The zero-order valence-electron chi connectivity index (χ0n) is 20.6. The summed E-state index contributed by atoms with van der Waals surface area (Å²) >= 11 is 0. The Morgan fingerprint density at radius 3 is 2.24 bits per heavy atom. The van der Waals surface area contributed by atoms with Crippen LogP contribution in [0.1, 0.15) is 54.4 Å². The fraction of sp³-hybridized carbons (Fsp3) is 0.323. The maximum Gasteiger partial charge on any atom is 0.303 e. The molecule has 0 radical (unpaired) electrons. The van der Waals surface area contributed by atoms with Crippen LogP contribution in [0, 0.1) is 23.1 Å². The van der Waals surface area contributed by atoms with Crippen molar-refractivity contribution in [3.8, 4) is 11.1 Å². The van der Waals surface area contributed by atoms with Gasteiger partial charge in [-0.1, -0.05) is 54.6 Å². The number of ketones is 1. The summed E-state index contributed by atoms with van der Waals surface area (Å²) in [5.74, 6) is -0.661. The largest absolute Gasteiger partial charge is 0.481 e. The lowest BCUT2D eigenvalue weighted by molar-refractivity contribution is -0.142. The highest BCUT2D eigenvalue weighted by atomic mass is 19.1. The van der Waals surface area contributed by atoms with Crippen LogP contribution in [0.5, 0.6) is 0 Å². The standard InChI is InChI=1S/C31H29FN2O3/c32-26-12-25-18-33-34(19-20-6-8-24(9-7-20)23-4-2-1-3-5-23)30(25)27(13-26)28(35)10-21-14-31(15-21)16-22(17-31)11-29(36)37/h1-9,12-13,18,21-22H,10-11,14-17,19H2,(H,36,37). The quantitative estimate of drug-likeness (QED) is 0.274. The highest BCUT2D eigenvalue weighted by molar-refractivity contribution is 6.07. The summed E-state index contributed by atoms with van der Waals surface area (Å²) in [4.78, 5) is 24.3. The number of carboxylic acid groups (broad SMARTS) is 1. The molecule has 2 fully saturated rings. The van der Waals surface area contributed by atoms with Crippen molar-refractivity contribution >= 4 is 22.7 Å². The molecule has 1 spiro atoms. The van der Waals surface area contributed by atoms with Crippen molar-refractivity contribution in [1.29, 1.82) is 0 Å². The summed E-state index contributed by atoms with van der Waals surface area (Å²) in [5, 5.41) is 14.1. The van der Waals surface area contributed by atoms with Gasteiger partial charge in [-0.25, -0.2) is 4.39 Å². The number of halogens is 1. The molecule has 1 heterocycles. The third-order valence-electron chi connectivity index (χ3n) is 8.22. The number of aliphatic carboxylic acids is 1. The van der Waals surface area contributed by atoms with Gasteiger partial charge in [-0.05, 0) is 71.8 Å². The molecule has 1 aromatic heterocycles. The first-order valence-electron chi connectivity index (χ1n) is 12.9. The molecule has 0 bridgehead atoms. The number of fused-ring (bicyclic) bond motifs is 1. The molecule has 6 heteroatoms. The van der Waals surface area contributed by atoms with Crippen molar-refractivity contribution in [3.63, 3.8) is 0 Å². The van der Waals surface area contributed by atoms with Crippen LogP contribution in [-0.2, 0) is 11.3 Å². The van der Waals surface area contributed by atoms with Crippen LogP contribution in [0.2, 0.25) is 0 Å². The van der Waals surface area contributed by atoms with Gasteiger partial charge in [0.1, 0.15) is 5.82 Å². The number of carbonyl (C=O) groups excluding carboxylic acids is 1. The SMILES string of the molecule is O=C(O)CC1CC2(C1)CC(CC(=O)c1cc(F)cc3cnn(Cc4ccc(-c5ccccc5)cc4)c13)C2. The fourth-order valence-corrected chi connectivity index (χ4v) is 6.71. The van der Waals surface area contributed by atoms with Gasteiger partial charge < -0.3 is 5.11 Å². The van der Waals surface area contributed by atoms with E-state index >= 15 is 0 Å². The van der Waals surface area contributed by atoms with Crippen molar-refractivity contribution in [2.45, 2.75) is 45.1 Å². The lowest BCUT2D eigenvalue weighted by Crippen LogP contribution is -2.48. The Labute approximate surface area is 214 Å². The van der Waals surface area contributed by atoms with E-state index in [2.05, 4.69) is 41.5 Å². The van der Waals surface area contributed by atoms with E-state index in [1.165, 1.54) is 12.1 Å². The van der Waals surface area contributed by atoms with E-state index < -0.39 is 11.8 Å². The second-order valence-corrected chi connectivity index (χ2v) is 11.0. The maximum absolute atomic E-state index is 14.4. The number of hydrogen-bond acceptors (Lipinski definition) is 3. The van der Waals surface area contributed by atoms with Gasteiger partial charge in [0.25, 0.3) is 0 Å². The molecule has 2 saturated carbocycles. The van der Waals surface area contributed by atoms with E-state index in [-0.39, 0.29) is 29.5 Å². The average Bonchev–Trinajstić information content (AvgIpc) is 3.23. The van der Waals surface area contributed by atoms with Gasteiger partial charge in [-0.15, -0.1) is 0 Å². The zero-order valence-corrected chi connectivity index (χ0v) is 20.6. The van der Waals surface area contributed by atoms with Crippen molar-refractivity contribution in [1.82, 2.24) is 9.78 Å². The van der Waals surface area contributed by atoms with E-state index in [9.17, 15) is 14.0 Å². The molecule has 5 nitrogen and oxygen atoms in total. The molecule has 0 atom stereocenters. The number of nitrogens with zero attached hydrogens (tertiary/aromatic N) is 2. The minimum atomic E-state index is -0.732. The Bertz CT molecular complexity index is 1460. The first-order valence-corrected chi connectivity index (χ1v) is 12.9. The van der Waals surface area contributed by atoms with E-state index in [0.29, 0.717) is 29.4 Å². The van der Waals surface area contributed by atoms with Crippen LogP contribution in [0.3, 0.4) is 0 Å². The summed E-state index contributed by atoms with van der Waals surface area (Å²) in [6.07, 6.45) is 6.07. The van der Waals surface area contributed by atoms with Crippen LogP contribution in [0.15, 0.2) is 72.9 Å². The number of hydrogen-bond donors (Lipinski definition) is 1. The summed E-state index contributed by atoms with van der Waals surface area (Å²) in [5.41, 5.74) is 4.64. The lowest BCUT2D eigenvalue weighted by Gasteiger charge is -2.58. The molecular formula is C31H29FN2O3. The first-order chi connectivity index (χ1) is 17.9. The molecule has 3 aromatic carbocycles. The Morgan fingerprint density at radius 2 is 1.57 bits per heavy atom. The molecule has 1 N–H and O–H groups in total. The Kier molecular flexibility index (Phi) is 5.90. The zero-order chi connectivity index (χ0) is 25.6. The van der Waals surface area contributed by atoms with Crippen LogP contribution in [0.4, 0.5) is 4.39 Å². The number of benzene rings is 3. The van der Waals surface area contributed by atoms with Gasteiger partial charge in [0.15, 0.2) is 5.78 Å². The number of carboxylic acids is 1. The molecule has 2 aliphatic carbocycles. The van der Waals surface area contributed by atoms with E-state index in [1.807, 2.05) is 18.2 Å². The van der Waals surface area contributed by atoms with Crippen molar-refractivity contribution in [3.05, 3.63) is 89.9 Å². The summed E-state index contributed by atoms with van der Waals surface area (Å²) < 4.78 is 16.2. The van der Waals surface area contributed by atoms with E-state index in [1.54, 1.807) is 10.9 Å². The van der Waals surface area contributed by atoms with Gasteiger partial charge in [0, 0.05) is 23.8 Å². The van der Waals surface area contributed by atoms with Gasteiger partial charge in [-0.2, -0.15) is 5.10 Å². The smallest absolute Gasteiger partial charge is 0.303 e. The van der Waals surface area contributed by atoms with Crippen molar-refractivity contribution < 1.29 is 19.1 Å². The van der Waals surface area contributed by atoms with Crippen molar-refractivity contribution in [2.75, 3.05) is 0 Å². The Hall–Kier alpha value is -3.80. The third kappa shape index (κ3) is 4.68. The number of aromatic nitrogens is 2. The minimum Gasteiger partial charge on any atom is -0.481 e. The van der Waals surface area contributed by atoms with Gasteiger partial charge in [0.2, 0.25) is 0 Å². The summed E-state index contributed by atoms with van der Waals surface area (Å²) in [7, 11) is 0. The molecule has 188 valence electrons. The van der Waals surface area contributed by atoms with Crippen LogP contribution in [0.25, 0.3) is 22.0 Å². The molecule has 4 aromatic rings. The average molecular weight is 497 g/mol. The maximum atomic E-state index is 14.4. The molecule has 0 saturated heterocycles. The monoisotopic (exact) mass is 496 g/mol. The molecule has 0 amide bonds. The van der Waals surface area contributed by atoms with Crippen LogP contribution < -0.4 is 0 Å². The van der Waals surface area contributed by atoms with Gasteiger partial charge >= 0.3 is 5.97 Å². The topological polar surface area (TPSA) is 72.2 Å².